The molecule has 0 amide bonds. The van der Waals surface area contributed by atoms with Crippen molar-refractivity contribution in [2.75, 3.05) is 19.8 Å². The van der Waals surface area contributed by atoms with Gasteiger partial charge in [0, 0.05) is 5.41 Å². The number of nitrogens with zero attached hydrogens (tertiary/aromatic N) is 3. The smallest absolute Gasteiger partial charge is 0.235 e. The Labute approximate surface area is 246 Å². The molecule has 0 N–H and O–H groups in total. The second-order valence-electron chi connectivity index (χ2n) is 10.0. The van der Waals surface area contributed by atoms with E-state index in [1.54, 1.807) is 18.2 Å². The predicted octanol–water partition coefficient (Wildman–Crippen LogP) is 5.54. The van der Waals surface area contributed by atoms with Crippen molar-refractivity contribution >= 4 is 18.2 Å². The summed E-state index contributed by atoms with van der Waals surface area (Å²) in [7, 11) is 0. The summed E-state index contributed by atoms with van der Waals surface area (Å²) in [4.78, 5) is 42.4. The summed E-state index contributed by atoms with van der Waals surface area (Å²) in [6.45, 7) is 5.31. The molecule has 3 rings (SSSR count). The highest BCUT2D eigenvalue weighted by molar-refractivity contribution is 5.35. The van der Waals surface area contributed by atoms with Gasteiger partial charge in [0.15, 0.2) is 0 Å². The van der Waals surface area contributed by atoms with Crippen molar-refractivity contribution in [1.82, 2.24) is 0 Å². The third-order valence-electron chi connectivity index (χ3n) is 6.73. The molecule has 0 aliphatic carbocycles. The maximum absolute atomic E-state index is 10.5. The molecule has 0 saturated heterocycles. The van der Waals surface area contributed by atoms with Crippen molar-refractivity contribution < 1.29 is 28.6 Å². The van der Waals surface area contributed by atoms with Gasteiger partial charge in [-0.2, -0.15) is 0 Å². The Morgan fingerprint density at radius 2 is 0.857 bits per heavy atom. The highest BCUT2D eigenvalue weighted by Crippen LogP contribution is 2.26. The topological polar surface area (TPSA) is 116 Å². The molecule has 42 heavy (non-hydrogen) atoms. The molecule has 0 spiro atoms. The minimum absolute atomic E-state index is 0.281. The normalized spacial score (nSPS) is 11.9. The fourth-order valence-electron chi connectivity index (χ4n) is 4.41. The number of aliphatic imine (C=N–C) groups is 3. The van der Waals surface area contributed by atoms with Crippen LogP contribution in [0.2, 0.25) is 0 Å². The minimum atomic E-state index is -0.418. The van der Waals surface area contributed by atoms with Gasteiger partial charge in [-0.25, -0.2) is 29.4 Å². The van der Waals surface area contributed by atoms with E-state index in [1.807, 2.05) is 72.8 Å². The van der Waals surface area contributed by atoms with Crippen LogP contribution in [0, 0.1) is 5.41 Å². The zero-order chi connectivity index (χ0) is 29.9. The van der Waals surface area contributed by atoms with Crippen LogP contribution in [0.5, 0.6) is 0 Å². The lowest BCUT2D eigenvalue weighted by molar-refractivity contribution is -0.0818. The Hall–Kier alpha value is -4.32. The Bertz CT molecular complexity index is 1250. The Morgan fingerprint density at radius 1 is 0.548 bits per heavy atom. The van der Waals surface area contributed by atoms with Crippen LogP contribution >= 0.6 is 0 Å². The summed E-state index contributed by atoms with van der Waals surface area (Å²) in [6, 6.07) is 23.3. The SMILES string of the molecule is CCC(COCc1cccc(CN=C=O)c1)(COCc1cccc(CN=C=O)c1)COCc1cccc(CN=C=O)c1. The first-order valence-electron chi connectivity index (χ1n) is 13.7. The average molecular weight is 570 g/mol. The minimum Gasteiger partial charge on any atom is -0.376 e. The van der Waals surface area contributed by atoms with Crippen LogP contribution in [0.15, 0.2) is 87.8 Å². The predicted molar refractivity (Wildman–Crippen MR) is 156 cm³/mol. The third-order valence-corrected chi connectivity index (χ3v) is 6.73. The molecule has 0 bridgehead atoms. The fraction of sp³-hybridized carbons (Fsp3) is 0.364. The number of hydrogen-bond acceptors (Lipinski definition) is 9. The summed E-state index contributed by atoms with van der Waals surface area (Å²) in [5.74, 6) is 0. The molecule has 0 unspecified atom stereocenters. The van der Waals surface area contributed by atoms with Crippen LogP contribution < -0.4 is 0 Å². The van der Waals surface area contributed by atoms with Gasteiger partial charge in [-0.1, -0.05) is 79.7 Å². The van der Waals surface area contributed by atoms with E-state index in [0.717, 1.165) is 39.8 Å². The van der Waals surface area contributed by atoms with Crippen molar-refractivity contribution in [3.8, 4) is 0 Å². The van der Waals surface area contributed by atoms with Gasteiger partial charge in [0.1, 0.15) is 0 Å². The van der Waals surface area contributed by atoms with Crippen molar-refractivity contribution in [2.45, 2.75) is 52.8 Å². The number of ether oxygens (including phenoxy) is 3. The second kappa shape index (κ2) is 18.2. The molecule has 0 atom stereocenters. The second-order valence-corrected chi connectivity index (χ2v) is 10.0. The quantitative estimate of drug-likeness (QED) is 0.138. The molecule has 0 aromatic heterocycles. The van der Waals surface area contributed by atoms with E-state index in [4.69, 9.17) is 14.2 Å². The van der Waals surface area contributed by atoms with Gasteiger partial charge in [-0.15, -0.1) is 0 Å². The fourth-order valence-corrected chi connectivity index (χ4v) is 4.41. The van der Waals surface area contributed by atoms with E-state index >= 15 is 0 Å². The van der Waals surface area contributed by atoms with Gasteiger partial charge in [-0.05, 0) is 39.8 Å². The number of rotatable bonds is 19. The Balaban J connectivity index is 1.66. The van der Waals surface area contributed by atoms with E-state index in [9.17, 15) is 14.4 Å². The van der Waals surface area contributed by atoms with Gasteiger partial charge >= 0.3 is 0 Å². The summed E-state index contributed by atoms with van der Waals surface area (Å²) in [5.41, 5.74) is 5.25. The lowest BCUT2D eigenvalue weighted by Crippen LogP contribution is -2.36. The van der Waals surface area contributed by atoms with E-state index in [2.05, 4.69) is 21.9 Å². The Kier molecular flexibility index (Phi) is 13.9. The van der Waals surface area contributed by atoms with Gasteiger partial charge in [0.25, 0.3) is 0 Å². The van der Waals surface area contributed by atoms with Crippen LogP contribution in [0.1, 0.15) is 46.7 Å². The van der Waals surface area contributed by atoms with E-state index < -0.39 is 5.41 Å². The van der Waals surface area contributed by atoms with Gasteiger partial charge in [0.05, 0.1) is 59.3 Å². The molecule has 0 fully saturated rings. The van der Waals surface area contributed by atoms with Crippen LogP contribution in [-0.2, 0) is 68.0 Å². The summed E-state index contributed by atoms with van der Waals surface area (Å²) in [5, 5.41) is 0. The first-order chi connectivity index (χ1) is 20.6. The molecule has 0 aliphatic heterocycles. The van der Waals surface area contributed by atoms with Gasteiger partial charge in [0.2, 0.25) is 18.2 Å². The van der Waals surface area contributed by atoms with E-state index in [1.165, 1.54) is 0 Å². The molecular formula is C33H35N3O6. The maximum Gasteiger partial charge on any atom is 0.235 e. The molecule has 218 valence electrons. The van der Waals surface area contributed by atoms with Gasteiger partial charge in [-0.3, -0.25) is 0 Å². The highest BCUT2D eigenvalue weighted by Gasteiger charge is 2.30. The van der Waals surface area contributed by atoms with Crippen LogP contribution in [0.3, 0.4) is 0 Å². The number of carbonyl (C=O) groups excluding carboxylic acids is 3. The monoisotopic (exact) mass is 569 g/mol. The Morgan fingerprint density at radius 3 is 1.14 bits per heavy atom. The molecule has 0 radical (unpaired) electrons. The zero-order valence-corrected chi connectivity index (χ0v) is 23.8. The molecule has 9 heteroatoms. The molecule has 3 aromatic rings. The summed E-state index contributed by atoms with van der Waals surface area (Å²) < 4.78 is 18.6. The average Bonchev–Trinajstić information content (AvgIpc) is 3.02. The zero-order valence-electron chi connectivity index (χ0n) is 23.8. The third kappa shape index (κ3) is 11.3. The summed E-state index contributed by atoms with van der Waals surface area (Å²) in [6.07, 6.45) is 5.46. The number of isocyanates is 3. The maximum atomic E-state index is 10.5. The van der Waals surface area contributed by atoms with E-state index in [-0.39, 0.29) is 19.6 Å². The first-order valence-corrected chi connectivity index (χ1v) is 13.7. The van der Waals surface area contributed by atoms with Crippen LogP contribution in [-0.4, -0.2) is 38.1 Å². The number of hydrogen-bond donors (Lipinski definition) is 0. The largest absolute Gasteiger partial charge is 0.376 e. The highest BCUT2D eigenvalue weighted by atomic mass is 16.5. The van der Waals surface area contributed by atoms with Crippen molar-refractivity contribution in [3.05, 3.63) is 106 Å². The first kappa shape index (κ1) is 32.2. The van der Waals surface area contributed by atoms with Crippen molar-refractivity contribution in [2.24, 2.45) is 20.4 Å². The summed E-state index contributed by atoms with van der Waals surface area (Å²) >= 11 is 0. The molecule has 0 heterocycles. The van der Waals surface area contributed by atoms with Crippen LogP contribution in [0.4, 0.5) is 0 Å². The van der Waals surface area contributed by atoms with Crippen molar-refractivity contribution in [1.29, 1.82) is 0 Å². The van der Waals surface area contributed by atoms with Gasteiger partial charge < -0.3 is 14.2 Å². The molecule has 0 saturated carbocycles. The standard InChI is InChI=1S/C33H35N3O6/c1-2-33(21-40-18-30-9-3-6-27(12-30)15-34-24-37,22-41-19-31-10-4-7-28(13-31)16-35-25-38)23-42-20-32-11-5-8-29(14-32)17-36-26-39/h3-14H,2,15-23H2,1H3. The molecular weight excluding hydrogens is 534 g/mol. The lowest BCUT2D eigenvalue weighted by Gasteiger charge is -2.32. The lowest BCUT2D eigenvalue weighted by atomic mass is 9.88. The van der Waals surface area contributed by atoms with Crippen LogP contribution in [0.25, 0.3) is 0 Å². The van der Waals surface area contributed by atoms with Crippen molar-refractivity contribution in [3.63, 3.8) is 0 Å². The number of benzene rings is 3. The molecule has 9 nitrogen and oxygen atoms in total. The molecule has 3 aromatic carbocycles. The molecule has 0 aliphatic rings. The van der Waals surface area contributed by atoms with E-state index in [0.29, 0.717) is 39.6 Å².